The Morgan fingerprint density at radius 3 is 2.55 bits per heavy atom. The molecule has 1 aromatic rings. The van der Waals surface area contributed by atoms with E-state index < -0.39 is 11.5 Å². The maximum absolute atomic E-state index is 11.5. The summed E-state index contributed by atoms with van der Waals surface area (Å²) in [5.41, 5.74) is 7.96. The van der Waals surface area contributed by atoms with E-state index in [1.54, 1.807) is 6.08 Å². The van der Waals surface area contributed by atoms with Gasteiger partial charge in [-0.1, -0.05) is 66.4 Å². The highest BCUT2D eigenvalue weighted by Gasteiger charge is 2.50. The first kappa shape index (κ1) is 25.3. The molecular formula is C26H41NO4. The molecular weight excluding hydrogens is 390 g/mol. The van der Waals surface area contributed by atoms with Crippen LogP contribution in [0.4, 0.5) is 0 Å². The number of fused-ring (bicyclic) bond motifs is 3. The molecule has 5 heteroatoms. The van der Waals surface area contributed by atoms with Crippen LogP contribution < -0.4 is 10.5 Å². The quantitative estimate of drug-likeness (QED) is 0.458. The third-order valence-corrected chi connectivity index (χ3v) is 7.02. The highest BCUT2D eigenvalue weighted by molar-refractivity contribution is 5.87. The minimum Gasteiger partial charge on any atom is -0.508 e. The van der Waals surface area contributed by atoms with Gasteiger partial charge in [-0.25, -0.2) is 4.79 Å². The standard InChI is InChI=1S/C24H35NO4.C2H6/c1-5-6-7-8-10-23(3,4)17-13-19(26)21-18-12-16(22(27)28)9-11-24(18,25)15(2)29-20(21)14-17;1-2/h9,13-15,18,26H,5-8,10-12,25H2,1-4H3,(H,27,28);1-2H3/t15?,18-,24+;/m0./s1. The van der Waals surface area contributed by atoms with Gasteiger partial charge in [0, 0.05) is 17.1 Å². The van der Waals surface area contributed by atoms with Crippen molar-refractivity contribution in [3.05, 3.63) is 34.9 Å². The van der Waals surface area contributed by atoms with Crippen molar-refractivity contribution in [1.29, 1.82) is 0 Å². The minimum absolute atomic E-state index is 0.0806. The number of ether oxygens (including phenoxy) is 1. The van der Waals surface area contributed by atoms with Crippen molar-refractivity contribution in [3.8, 4) is 11.5 Å². The lowest BCUT2D eigenvalue weighted by Gasteiger charge is -2.48. The van der Waals surface area contributed by atoms with Crippen LogP contribution in [0.25, 0.3) is 0 Å². The molecule has 174 valence electrons. The van der Waals surface area contributed by atoms with E-state index in [-0.39, 0.29) is 23.2 Å². The zero-order chi connectivity index (χ0) is 23.4. The van der Waals surface area contributed by atoms with Crippen molar-refractivity contribution in [2.45, 2.75) is 109 Å². The number of carbonyl (C=O) groups is 1. The largest absolute Gasteiger partial charge is 0.508 e. The lowest BCUT2D eigenvalue weighted by atomic mass is 9.66. The Labute approximate surface area is 187 Å². The summed E-state index contributed by atoms with van der Waals surface area (Å²) < 4.78 is 6.20. The fraction of sp³-hybridized carbons (Fsp3) is 0.654. The summed E-state index contributed by atoms with van der Waals surface area (Å²) in [5.74, 6) is -0.388. The van der Waals surface area contributed by atoms with Crippen LogP contribution in [0.3, 0.4) is 0 Å². The Balaban J connectivity index is 0.00000166. The molecule has 0 saturated carbocycles. The van der Waals surface area contributed by atoms with E-state index in [0.29, 0.717) is 29.7 Å². The number of phenolic OH excluding ortho intramolecular Hbond substituents is 1. The highest BCUT2D eigenvalue weighted by atomic mass is 16.5. The number of unbranched alkanes of at least 4 members (excludes halogenated alkanes) is 3. The van der Waals surface area contributed by atoms with E-state index >= 15 is 0 Å². The molecule has 0 aromatic heterocycles. The number of phenols is 1. The van der Waals surface area contributed by atoms with Gasteiger partial charge in [-0.3, -0.25) is 0 Å². The van der Waals surface area contributed by atoms with Crippen LogP contribution in [0, 0.1) is 0 Å². The highest BCUT2D eigenvalue weighted by Crippen LogP contribution is 2.53. The lowest BCUT2D eigenvalue weighted by molar-refractivity contribution is -0.133. The van der Waals surface area contributed by atoms with E-state index in [1.165, 1.54) is 19.3 Å². The van der Waals surface area contributed by atoms with E-state index in [0.717, 1.165) is 18.4 Å². The van der Waals surface area contributed by atoms with Gasteiger partial charge in [-0.15, -0.1) is 0 Å². The van der Waals surface area contributed by atoms with Gasteiger partial charge in [0.05, 0.1) is 5.54 Å². The summed E-state index contributed by atoms with van der Waals surface area (Å²) in [6, 6.07) is 3.86. The van der Waals surface area contributed by atoms with Gasteiger partial charge < -0.3 is 20.7 Å². The van der Waals surface area contributed by atoms with Gasteiger partial charge in [0.1, 0.15) is 17.6 Å². The minimum atomic E-state index is -0.919. The van der Waals surface area contributed by atoms with Crippen molar-refractivity contribution in [2.24, 2.45) is 5.73 Å². The van der Waals surface area contributed by atoms with Crippen molar-refractivity contribution >= 4 is 5.97 Å². The summed E-state index contributed by atoms with van der Waals surface area (Å²) in [6.07, 6.45) is 8.01. The number of hydrogen-bond acceptors (Lipinski definition) is 4. The van der Waals surface area contributed by atoms with E-state index in [2.05, 4.69) is 20.8 Å². The monoisotopic (exact) mass is 431 g/mol. The van der Waals surface area contributed by atoms with Gasteiger partial charge in [0.15, 0.2) is 0 Å². The van der Waals surface area contributed by atoms with Crippen LogP contribution in [0.2, 0.25) is 0 Å². The molecule has 31 heavy (non-hydrogen) atoms. The smallest absolute Gasteiger partial charge is 0.331 e. The number of aromatic hydroxyl groups is 1. The third-order valence-electron chi connectivity index (χ3n) is 7.02. The average molecular weight is 432 g/mol. The molecule has 2 aliphatic rings. The summed E-state index contributed by atoms with van der Waals surface area (Å²) >= 11 is 0. The number of aliphatic carboxylic acids is 1. The summed E-state index contributed by atoms with van der Waals surface area (Å²) in [6.45, 7) is 12.5. The maximum atomic E-state index is 11.5. The average Bonchev–Trinajstić information content (AvgIpc) is 2.72. The predicted molar refractivity (Wildman–Crippen MR) is 126 cm³/mol. The first-order valence-corrected chi connectivity index (χ1v) is 11.9. The van der Waals surface area contributed by atoms with Gasteiger partial charge >= 0.3 is 5.97 Å². The molecule has 0 amide bonds. The van der Waals surface area contributed by atoms with Crippen LogP contribution >= 0.6 is 0 Å². The summed E-state index contributed by atoms with van der Waals surface area (Å²) in [4.78, 5) is 11.5. The van der Waals surface area contributed by atoms with Crippen molar-refractivity contribution < 1.29 is 19.7 Å². The molecule has 0 bridgehead atoms. The van der Waals surface area contributed by atoms with Crippen LogP contribution in [-0.4, -0.2) is 27.8 Å². The molecule has 1 unspecified atom stereocenters. The van der Waals surface area contributed by atoms with Gasteiger partial charge in [0.2, 0.25) is 0 Å². The fourth-order valence-electron chi connectivity index (χ4n) is 4.82. The van der Waals surface area contributed by atoms with Crippen LogP contribution in [0.5, 0.6) is 11.5 Å². The second kappa shape index (κ2) is 10.1. The van der Waals surface area contributed by atoms with Gasteiger partial charge in [-0.05, 0) is 49.3 Å². The molecule has 0 saturated heterocycles. The summed E-state index contributed by atoms with van der Waals surface area (Å²) in [7, 11) is 0. The number of benzene rings is 1. The van der Waals surface area contributed by atoms with E-state index in [1.807, 2.05) is 32.9 Å². The van der Waals surface area contributed by atoms with Crippen LogP contribution in [-0.2, 0) is 10.2 Å². The normalized spacial score (nSPS) is 24.7. The number of hydrogen-bond donors (Lipinski definition) is 3. The molecule has 0 spiro atoms. The number of rotatable bonds is 7. The fourth-order valence-corrected chi connectivity index (χ4v) is 4.82. The van der Waals surface area contributed by atoms with Crippen molar-refractivity contribution in [1.82, 2.24) is 0 Å². The number of carboxylic acids is 1. The number of nitrogens with two attached hydrogens (primary N) is 1. The zero-order valence-corrected chi connectivity index (χ0v) is 20.1. The van der Waals surface area contributed by atoms with Gasteiger partial charge in [-0.2, -0.15) is 0 Å². The topological polar surface area (TPSA) is 92.8 Å². The molecule has 1 aromatic carbocycles. The van der Waals surface area contributed by atoms with Crippen molar-refractivity contribution in [3.63, 3.8) is 0 Å². The summed E-state index contributed by atoms with van der Waals surface area (Å²) in [5, 5.41) is 20.4. The van der Waals surface area contributed by atoms with Crippen LogP contribution in [0.15, 0.2) is 23.8 Å². The molecule has 0 fully saturated rings. The van der Waals surface area contributed by atoms with Crippen molar-refractivity contribution in [2.75, 3.05) is 0 Å². The Bertz CT molecular complexity index is 814. The van der Waals surface area contributed by atoms with E-state index in [9.17, 15) is 15.0 Å². The predicted octanol–water partition coefficient (Wildman–Crippen LogP) is 6.03. The first-order chi connectivity index (χ1) is 14.6. The molecule has 1 aliphatic heterocycles. The SMILES string of the molecule is CC.CCCCCCC(C)(C)c1cc(O)c2c(c1)OC(C)[C@]1(N)CC=C(C(=O)O)C[C@@H]21. The Morgan fingerprint density at radius 1 is 1.26 bits per heavy atom. The van der Waals surface area contributed by atoms with E-state index in [4.69, 9.17) is 10.5 Å². The molecule has 1 heterocycles. The second-order valence-corrected chi connectivity index (χ2v) is 9.47. The number of carboxylic acid groups (broad SMARTS) is 1. The molecule has 4 N–H and O–H groups in total. The lowest BCUT2D eigenvalue weighted by Crippen LogP contribution is -2.59. The first-order valence-electron chi connectivity index (χ1n) is 11.9. The van der Waals surface area contributed by atoms with Crippen LogP contribution in [0.1, 0.15) is 104 Å². The third kappa shape index (κ3) is 5.08. The molecule has 3 rings (SSSR count). The molecule has 1 aliphatic carbocycles. The zero-order valence-electron chi connectivity index (χ0n) is 20.1. The van der Waals surface area contributed by atoms with Gasteiger partial charge in [0.25, 0.3) is 0 Å². The molecule has 0 radical (unpaired) electrons. The second-order valence-electron chi connectivity index (χ2n) is 9.47. The molecule has 5 nitrogen and oxygen atoms in total. The Kier molecular flexibility index (Phi) is 8.21. The molecule has 3 atom stereocenters. The Morgan fingerprint density at radius 2 is 1.94 bits per heavy atom. The Hall–Kier alpha value is -2.01. The maximum Gasteiger partial charge on any atom is 0.331 e.